The second-order valence-electron chi connectivity index (χ2n) is 15.0. The van der Waals surface area contributed by atoms with Crippen LogP contribution >= 0.6 is 0 Å². The van der Waals surface area contributed by atoms with Gasteiger partial charge in [0, 0.05) is 65.2 Å². The summed E-state index contributed by atoms with van der Waals surface area (Å²) in [5, 5.41) is 26.7. The van der Waals surface area contributed by atoms with Crippen molar-refractivity contribution in [1.82, 2.24) is 16.0 Å². The van der Waals surface area contributed by atoms with Gasteiger partial charge >= 0.3 is 11.9 Å². The van der Waals surface area contributed by atoms with Gasteiger partial charge in [0.15, 0.2) is 0 Å². The zero-order valence-electron chi connectivity index (χ0n) is 35.6. The second-order valence-corrected chi connectivity index (χ2v) is 15.0. The van der Waals surface area contributed by atoms with Crippen molar-refractivity contribution in [3.05, 3.63) is 0 Å². The van der Waals surface area contributed by atoms with Gasteiger partial charge in [-0.1, -0.05) is 194 Å². The summed E-state index contributed by atoms with van der Waals surface area (Å²) in [5.41, 5.74) is 10.6. The Hall–Kier alpha value is -1.26. The summed E-state index contributed by atoms with van der Waals surface area (Å²) in [6.07, 6.45) is 40.4. The summed E-state index contributed by atoms with van der Waals surface area (Å²) in [5.74, 6) is -1.31. The van der Waals surface area contributed by atoms with Gasteiger partial charge in [-0.05, 0) is 12.8 Å². The van der Waals surface area contributed by atoms with E-state index in [1.54, 1.807) is 0 Å². The molecule has 9 nitrogen and oxygen atoms in total. The standard InChI is InChI=1S/2C18H36O2.C8H23N5/c2*1-2-3-4-5-6-7-8-9-10-11-12-13-14-15-16-17-18(19)20;9-1-3-11-5-7-13-8-6-12-4-2-10/h2*2-17H2,1H3,(H,19,20);11-13H,1-10H2. The number of carbonyl (C=O) groups is 2. The molecule has 0 aromatic carbocycles. The molecule has 0 aliphatic carbocycles. The molecule has 0 unspecified atom stereocenters. The highest BCUT2D eigenvalue weighted by Crippen LogP contribution is 2.15. The normalized spacial score (nSPS) is 10.8. The Bertz CT molecular complexity index is 618. The molecule has 53 heavy (non-hydrogen) atoms. The van der Waals surface area contributed by atoms with Gasteiger partial charge in [-0.2, -0.15) is 0 Å². The summed E-state index contributed by atoms with van der Waals surface area (Å²) in [6, 6.07) is 0. The van der Waals surface area contributed by atoms with Crippen LogP contribution in [0.1, 0.15) is 219 Å². The summed E-state index contributed by atoms with van der Waals surface area (Å²) in [7, 11) is 0. The quantitative estimate of drug-likeness (QED) is 0.0300. The second kappa shape index (κ2) is 55.1. The lowest BCUT2D eigenvalue weighted by atomic mass is 10.0. The molecule has 0 spiro atoms. The van der Waals surface area contributed by atoms with Gasteiger partial charge in [-0.3, -0.25) is 9.59 Å². The van der Waals surface area contributed by atoms with Crippen molar-refractivity contribution in [1.29, 1.82) is 0 Å². The van der Waals surface area contributed by atoms with E-state index in [4.69, 9.17) is 21.7 Å². The molecule has 0 heterocycles. The number of nitrogens with one attached hydrogen (secondary N) is 3. The average Bonchev–Trinajstić information content (AvgIpc) is 3.14. The summed E-state index contributed by atoms with van der Waals surface area (Å²) >= 11 is 0. The van der Waals surface area contributed by atoms with E-state index in [9.17, 15) is 9.59 Å². The number of unbranched alkanes of at least 4 members (excludes halogenated alkanes) is 28. The molecule has 0 aromatic heterocycles. The third-order valence-electron chi connectivity index (χ3n) is 9.59. The molecule has 0 fully saturated rings. The number of hydrogen-bond donors (Lipinski definition) is 7. The molecule has 0 aliphatic rings. The van der Waals surface area contributed by atoms with Crippen LogP contribution in [0.5, 0.6) is 0 Å². The molecule has 0 saturated carbocycles. The minimum Gasteiger partial charge on any atom is -0.481 e. The van der Waals surface area contributed by atoms with Crippen molar-refractivity contribution in [2.75, 3.05) is 52.4 Å². The molecular weight excluding hydrogens is 663 g/mol. The average molecular weight is 758 g/mol. The van der Waals surface area contributed by atoms with Crippen LogP contribution in [-0.2, 0) is 9.59 Å². The molecular formula is C44H95N5O4. The van der Waals surface area contributed by atoms with Gasteiger partial charge in [0.2, 0.25) is 0 Å². The van der Waals surface area contributed by atoms with E-state index in [2.05, 4.69) is 29.8 Å². The van der Waals surface area contributed by atoms with Crippen LogP contribution in [0, 0.1) is 0 Å². The van der Waals surface area contributed by atoms with Crippen LogP contribution in [0.25, 0.3) is 0 Å². The van der Waals surface area contributed by atoms with Gasteiger partial charge in [0.1, 0.15) is 0 Å². The van der Waals surface area contributed by atoms with Crippen molar-refractivity contribution in [2.45, 2.75) is 219 Å². The number of nitrogens with two attached hydrogens (primary N) is 2. The lowest BCUT2D eigenvalue weighted by molar-refractivity contribution is -0.138. The fraction of sp³-hybridized carbons (Fsp3) is 0.955. The predicted molar refractivity (Wildman–Crippen MR) is 231 cm³/mol. The third kappa shape index (κ3) is 66.0. The Morgan fingerprint density at radius 1 is 0.340 bits per heavy atom. The van der Waals surface area contributed by atoms with Crippen molar-refractivity contribution < 1.29 is 19.8 Å². The van der Waals surface area contributed by atoms with E-state index in [0.717, 1.165) is 65.0 Å². The minimum atomic E-state index is -0.653. The van der Waals surface area contributed by atoms with Crippen molar-refractivity contribution in [2.24, 2.45) is 11.5 Å². The molecule has 0 saturated heterocycles. The summed E-state index contributed by atoms with van der Waals surface area (Å²) < 4.78 is 0. The number of hydrogen-bond acceptors (Lipinski definition) is 7. The highest BCUT2D eigenvalue weighted by molar-refractivity contribution is 5.66. The van der Waals surface area contributed by atoms with E-state index in [-0.39, 0.29) is 0 Å². The van der Waals surface area contributed by atoms with E-state index < -0.39 is 11.9 Å². The first-order chi connectivity index (χ1) is 26.0. The highest BCUT2D eigenvalue weighted by Gasteiger charge is 1.99. The molecule has 0 amide bonds. The number of aliphatic carboxylic acids is 2. The van der Waals surface area contributed by atoms with E-state index in [1.807, 2.05) is 0 Å². The lowest BCUT2D eigenvalue weighted by Gasteiger charge is -2.06. The minimum absolute atomic E-state index is 0.345. The number of carboxylic acids is 2. The molecule has 9 N–H and O–H groups in total. The Morgan fingerprint density at radius 3 is 0.717 bits per heavy atom. The van der Waals surface area contributed by atoms with Crippen molar-refractivity contribution in [3.63, 3.8) is 0 Å². The third-order valence-corrected chi connectivity index (χ3v) is 9.59. The molecule has 0 aromatic rings. The van der Waals surface area contributed by atoms with Crippen LogP contribution in [0.2, 0.25) is 0 Å². The van der Waals surface area contributed by atoms with E-state index in [1.165, 1.54) is 167 Å². The van der Waals surface area contributed by atoms with Crippen LogP contribution in [0.4, 0.5) is 0 Å². The first-order valence-electron chi connectivity index (χ1n) is 22.9. The Morgan fingerprint density at radius 2 is 0.528 bits per heavy atom. The predicted octanol–water partition coefficient (Wildman–Crippen LogP) is 10.3. The van der Waals surface area contributed by atoms with Gasteiger partial charge in [-0.15, -0.1) is 0 Å². The van der Waals surface area contributed by atoms with Gasteiger partial charge in [0.25, 0.3) is 0 Å². The summed E-state index contributed by atoms with van der Waals surface area (Å²) in [6.45, 7) is 11.7. The molecule has 0 bridgehead atoms. The first-order valence-corrected chi connectivity index (χ1v) is 22.9. The maximum atomic E-state index is 10.3. The zero-order chi connectivity index (χ0) is 39.6. The smallest absolute Gasteiger partial charge is 0.303 e. The topological polar surface area (TPSA) is 163 Å². The fourth-order valence-electron chi connectivity index (χ4n) is 6.23. The van der Waals surface area contributed by atoms with Crippen molar-refractivity contribution >= 4 is 11.9 Å². The molecule has 0 rings (SSSR count). The largest absolute Gasteiger partial charge is 0.481 e. The number of rotatable bonds is 42. The zero-order valence-corrected chi connectivity index (χ0v) is 35.6. The molecule has 0 atom stereocenters. The maximum Gasteiger partial charge on any atom is 0.303 e. The van der Waals surface area contributed by atoms with Gasteiger partial charge in [0.05, 0.1) is 0 Å². The first kappa shape index (κ1) is 56.1. The van der Waals surface area contributed by atoms with Gasteiger partial charge < -0.3 is 37.6 Å². The molecule has 0 radical (unpaired) electrons. The SMILES string of the molecule is CCCCCCCCCCCCCCCCCC(=O)O.CCCCCCCCCCCCCCCCCC(=O)O.NCCNCCNCCNCCN. The van der Waals surface area contributed by atoms with Crippen LogP contribution in [0.15, 0.2) is 0 Å². The van der Waals surface area contributed by atoms with Crippen molar-refractivity contribution in [3.8, 4) is 0 Å². The lowest BCUT2D eigenvalue weighted by Crippen LogP contribution is -2.35. The van der Waals surface area contributed by atoms with E-state index in [0.29, 0.717) is 25.9 Å². The van der Waals surface area contributed by atoms with Crippen LogP contribution in [-0.4, -0.2) is 74.5 Å². The fourth-order valence-corrected chi connectivity index (χ4v) is 6.23. The monoisotopic (exact) mass is 758 g/mol. The van der Waals surface area contributed by atoms with Crippen LogP contribution < -0.4 is 27.4 Å². The highest BCUT2D eigenvalue weighted by atomic mass is 16.4. The molecule has 9 heteroatoms. The molecule has 320 valence electrons. The Balaban J connectivity index is -0.000000726. The summed E-state index contributed by atoms with van der Waals surface area (Å²) in [4.78, 5) is 20.7. The van der Waals surface area contributed by atoms with Gasteiger partial charge in [-0.25, -0.2) is 0 Å². The Labute approximate surface area is 330 Å². The maximum absolute atomic E-state index is 10.3. The Kier molecular flexibility index (Phi) is 58.3. The molecule has 0 aliphatic heterocycles. The van der Waals surface area contributed by atoms with Crippen LogP contribution in [0.3, 0.4) is 0 Å². The van der Waals surface area contributed by atoms with E-state index >= 15 is 0 Å². The number of carboxylic acid groups (broad SMARTS) is 2.